The van der Waals surface area contributed by atoms with Crippen LogP contribution in [0.4, 0.5) is 5.69 Å². The first-order valence-corrected chi connectivity index (χ1v) is 6.19. The van der Waals surface area contributed by atoms with E-state index in [9.17, 15) is 9.59 Å². The monoisotopic (exact) mass is 280 g/mol. The minimum atomic E-state index is -0.298. The number of nitrogen functional groups attached to an aromatic ring is 1. The van der Waals surface area contributed by atoms with Crippen LogP contribution in [-0.2, 0) is 9.53 Å². The van der Waals surface area contributed by atoms with Gasteiger partial charge < -0.3 is 20.8 Å². The number of carbonyl (C=O) groups excluding carboxylic acids is 2. The zero-order valence-electron chi connectivity index (χ0n) is 11.7. The lowest BCUT2D eigenvalue weighted by Gasteiger charge is -2.09. The van der Waals surface area contributed by atoms with Crippen molar-refractivity contribution >= 4 is 17.5 Å². The molecule has 7 nitrogen and oxygen atoms in total. The van der Waals surface area contributed by atoms with Crippen molar-refractivity contribution in [2.75, 3.05) is 32.2 Å². The lowest BCUT2D eigenvalue weighted by molar-refractivity contribution is -0.120. The molecule has 0 heterocycles. The maximum atomic E-state index is 11.9. The minimum Gasteiger partial charge on any atom is -0.383 e. The predicted octanol–water partition coefficient (Wildman–Crippen LogP) is -0.227. The SMILES string of the molecule is COCCNC(=O)CNC(=O)c1ccc(NN)cc1C. The smallest absolute Gasteiger partial charge is 0.251 e. The Labute approximate surface area is 117 Å². The van der Waals surface area contributed by atoms with E-state index in [0.29, 0.717) is 18.7 Å². The fourth-order valence-corrected chi connectivity index (χ4v) is 1.62. The fraction of sp³-hybridized carbons (Fsp3) is 0.385. The van der Waals surface area contributed by atoms with Gasteiger partial charge in [-0.15, -0.1) is 0 Å². The summed E-state index contributed by atoms with van der Waals surface area (Å²) in [6.45, 7) is 2.58. The van der Waals surface area contributed by atoms with Crippen molar-refractivity contribution in [2.45, 2.75) is 6.92 Å². The van der Waals surface area contributed by atoms with Crippen LogP contribution in [0.3, 0.4) is 0 Å². The Bertz CT molecular complexity index is 477. The Morgan fingerprint density at radius 3 is 2.65 bits per heavy atom. The minimum absolute atomic E-state index is 0.0706. The summed E-state index contributed by atoms with van der Waals surface area (Å²) in [6, 6.07) is 5.11. The quantitative estimate of drug-likeness (QED) is 0.314. The van der Waals surface area contributed by atoms with Crippen molar-refractivity contribution in [1.82, 2.24) is 10.6 Å². The first-order valence-electron chi connectivity index (χ1n) is 6.19. The highest BCUT2D eigenvalue weighted by molar-refractivity contribution is 5.98. The number of ether oxygens (including phenoxy) is 1. The van der Waals surface area contributed by atoms with Crippen LogP contribution in [-0.4, -0.2) is 38.6 Å². The van der Waals surface area contributed by atoms with Gasteiger partial charge in [0.2, 0.25) is 5.91 Å². The zero-order valence-corrected chi connectivity index (χ0v) is 11.7. The number of hydrazine groups is 1. The van der Waals surface area contributed by atoms with Gasteiger partial charge in [0, 0.05) is 24.9 Å². The van der Waals surface area contributed by atoms with Crippen LogP contribution >= 0.6 is 0 Å². The standard InChI is InChI=1S/C13H20N4O3/c1-9-7-10(17-14)3-4-11(9)13(19)16-8-12(18)15-5-6-20-2/h3-4,7,17H,5-6,8,14H2,1-2H3,(H,15,18)(H,16,19). The van der Waals surface area contributed by atoms with E-state index in [4.69, 9.17) is 10.6 Å². The van der Waals surface area contributed by atoms with Crippen molar-refractivity contribution in [2.24, 2.45) is 5.84 Å². The Morgan fingerprint density at radius 1 is 1.30 bits per heavy atom. The van der Waals surface area contributed by atoms with Gasteiger partial charge in [-0.05, 0) is 30.7 Å². The number of nitrogens with two attached hydrogens (primary N) is 1. The molecule has 7 heteroatoms. The molecule has 20 heavy (non-hydrogen) atoms. The van der Waals surface area contributed by atoms with Gasteiger partial charge in [-0.3, -0.25) is 15.4 Å². The zero-order chi connectivity index (χ0) is 15.0. The molecule has 0 bridgehead atoms. The number of aryl methyl sites for hydroxylation is 1. The molecule has 0 aliphatic rings. The molecule has 2 amide bonds. The number of benzene rings is 1. The Morgan fingerprint density at radius 2 is 2.05 bits per heavy atom. The summed E-state index contributed by atoms with van der Waals surface area (Å²) in [7, 11) is 1.55. The van der Waals surface area contributed by atoms with Crippen LogP contribution < -0.4 is 21.9 Å². The first-order chi connectivity index (χ1) is 9.58. The van der Waals surface area contributed by atoms with E-state index in [1.165, 1.54) is 0 Å². The Hall–Kier alpha value is -2.12. The summed E-state index contributed by atoms with van der Waals surface area (Å²) in [5.74, 6) is 4.73. The number of nitrogens with one attached hydrogen (secondary N) is 3. The van der Waals surface area contributed by atoms with Crippen molar-refractivity contribution in [3.63, 3.8) is 0 Å². The average molecular weight is 280 g/mol. The van der Waals surface area contributed by atoms with Crippen molar-refractivity contribution in [1.29, 1.82) is 0 Å². The van der Waals surface area contributed by atoms with Crippen LogP contribution in [0.25, 0.3) is 0 Å². The molecule has 0 unspecified atom stereocenters. The number of amides is 2. The van der Waals surface area contributed by atoms with Gasteiger partial charge in [0.05, 0.1) is 13.2 Å². The molecule has 0 saturated carbocycles. The Kier molecular flexibility index (Phi) is 6.48. The van der Waals surface area contributed by atoms with Crippen LogP contribution in [0.5, 0.6) is 0 Å². The molecular weight excluding hydrogens is 260 g/mol. The second-order valence-corrected chi connectivity index (χ2v) is 4.20. The number of hydrogen-bond acceptors (Lipinski definition) is 5. The van der Waals surface area contributed by atoms with Gasteiger partial charge in [0.1, 0.15) is 0 Å². The van der Waals surface area contributed by atoms with E-state index in [-0.39, 0.29) is 18.4 Å². The third-order valence-electron chi connectivity index (χ3n) is 2.68. The third kappa shape index (κ3) is 4.87. The largest absolute Gasteiger partial charge is 0.383 e. The third-order valence-corrected chi connectivity index (χ3v) is 2.68. The predicted molar refractivity (Wildman–Crippen MR) is 76.2 cm³/mol. The molecule has 110 valence electrons. The van der Waals surface area contributed by atoms with Gasteiger partial charge in [0.15, 0.2) is 0 Å². The number of methoxy groups -OCH3 is 1. The molecule has 0 atom stereocenters. The second-order valence-electron chi connectivity index (χ2n) is 4.20. The molecule has 0 fully saturated rings. The second kappa shape index (κ2) is 8.13. The lowest BCUT2D eigenvalue weighted by atomic mass is 10.1. The van der Waals surface area contributed by atoms with Crippen molar-refractivity contribution in [3.8, 4) is 0 Å². The topological polar surface area (TPSA) is 105 Å². The van der Waals surface area contributed by atoms with E-state index in [2.05, 4.69) is 16.1 Å². The summed E-state index contributed by atoms with van der Waals surface area (Å²) in [5.41, 5.74) is 4.51. The molecule has 0 saturated heterocycles. The van der Waals surface area contributed by atoms with Gasteiger partial charge in [0.25, 0.3) is 5.91 Å². The van der Waals surface area contributed by atoms with Crippen LogP contribution in [0.1, 0.15) is 15.9 Å². The molecule has 0 spiro atoms. The van der Waals surface area contributed by atoms with Crippen molar-refractivity contribution < 1.29 is 14.3 Å². The molecule has 1 aromatic rings. The van der Waals surface area contributed by atoms with Gasteiger partial charge >= 0.3 is 0 Å². The Balaban J connectivity index is 2.48. The number of rotatable bonds is 7. The van der Waals surface area contributed by atoms with Gasteiger partial charge in [-0.2, -0.15) is 0 Å². The van der Waals surface area contributed by atoms with E-state index in [1.807, 2.05) is 0 Å². The number of carbonyl (C=O) groups is 2. The molecule has 0 radical (unpaired) electrons. The highest BCUT2D eigenvalue weighted by Gasteiger charge is 2.10. The van der Waals surface area contributed by atoms with Crippen molar-refractivity contribution in [3.05, 3.63) is 29.3 Å². The maximum absolute atomic E-state index is 11.9. The summed E-state index contributed by atoms with van der Waals surface area (Å²) in [6.07, 6.45) is 0. The van der Waals surface area contributed by atoms with Gasteiger partial charge in [-0.1, -0.05) is 0 Å². The van der Waals surface area contributed by atoms with E-state index in [0.717, 1.165) is 11.3 Å². The molecule has 0 aliphatic heterocycles. The summed E-state index contributed by atoms with van der Waals surface area (Å²) >= 11 is 0. The number of anilines is 1. The highest BCUT2D eigenvalue weighted by atomic mass is 16.5. The van der Waals surface area contributed by atoms with Crippen LogP contribution in [0.2, 0.25) is 0 Å². The van der Waals surface area contributed by atoms with E-state index < -0.39 is 0 Å². The summed E-state index contributed by atoms with van der Waals surface area (Å²) < 4.78 is 4.81. The van der Waals surface area contributed by atoms with Crippen LogP contribution in [0, 0.1) is 6.92 Å². The molecule has 0 aromatic heterocycles. The normalized spacial score (nSPS) is 9.95. The van der Waals surface area contributed by atoms with E-state index >= 15 is 0 Å². The summed E-state index contributed by atoms with van der Waals surface area (Å²) in [5, 5.41) is 5.18. The van der Waals surface area contributed by atoms with Crippen LogP contribution in [0.15, 0.2) is 18.2 Å². The van der Waals surface area contributed by atoms with E-state index in [1.54, 1.807) is 32.2 Å². The molecule has 0 aliphatic carbocycles. The average Bonchev–Trinajstić information content (AvgIpc) is 2.44. The molecule has 1 rings (SSSR count). The first kappa shape index (κ1) is 15.9. The summed E-state index contributed by atoms with van der Waals surface area (Å²) in [4.78, 5) is 23.4. The molecule has 5 N–H and O–H groups in total. The maximum Gasteiger partial charge on any atom is 0.251 e. The fourth-order valence-electron chi connectivity index (χ4n) is 1.62. The number of hydrogen-bond donors (Lipinski definition) is 4. The molecular formula is C13H20N4O3. The highest BCUT2D eigenvalue weighted by Crippen LogP contribution is 2.13. The lowest BCUT2D eigenvalue weighted by Crippen LogP contribution is -2.38. The molecule has 1 aromatic carbocycles. The van der Waals surface area contributed by atoms with Gasteiger partial charge in [-0.25, -0.2) is 0 Å².